The Morgan fingerprint density at radius 1 is 1.50 bits per heavy atom. The van der Waals surface area contributed by atoms with E-state index in [0.29, 0.717) is 12.6 Å². The first-order chi connectivity index (χ1) is 9.65. The van der Waals surface area contributed by atoms with Crippen LogP contribution in [0.5, 0.6) is 5.75 Å². The molecule has 0 heterocycles. The number of amides is 1. The van der Waals surface area contributed by atoms with Crippen molar-refractivity contribution in [2.24, 2.45) is 5.73 Å². The van der Waals surface area contributed by atoms with Crippen LogP contribution in [0.15, 0.2) is 22.7 Å². The largest absolute Gasteiger partial charge is 0.484 e. The summed E-state index contributed by atoms with van der Waals surface area (Å²) >= 11 is 3.49. The topological polar surface area (TPSA) is 55.6 Å². The van der Waals surface area contributed by atoms with Gasteiger partial charge in [0.1, 0.15) is 5.75 Å². The molecule has 2 rings (SSSR count). The molecule has 0 bridgehead atoms. The summed E-state index contributed by atoms with van der Waals surface area (Å²) in [7, 11) is 0. The van der Waals surface area contributed by atoms with E-state index in [1.54, 1.807) is 0 Å². The molecule has 0 saturated heterocycles. The van der Waals surface area contributed by atoms with Gasteiger partial charge in [-0.05, 0) is 56.5 Å². The van der Waals surface area contributed by atoms with Crippen LogP contribution in [0, 0.1) is 0 Å². The molecular weight excluding hydrogens is 320 g/mol. The van der Waals surface area contributed by atoms with E-state index in [1.807, 2.05) is 30.0 Å². The van der Waals surface area contributed by atoms with Gasteiger partial charge >= 0.3 is 0 Å². The number of carbonyl (C=O) groups excluding carboxylic acids is 1. The van der Waals surface area contributed by atoms with Crippen molar-refractivity contribution in [2.75, 3.05) is 19.7 Å². The molecule has 1 aromatic carbocycles. The number of hydrogen-bond acceptors (Lipinski definition) is 3. The number of nitrogens with zero attached hydrogens (tertiary/aromatic N) is 1. The highest BCUT2D eigenvalue weighted by Gasteiger charge is 2.31. The van der Waals surface area contributed by atoms with E-state index < -0.39 is 0 Å². The van der Waals surface area contributed by atoms with E-state index in [0.717, 1.165) is 41.6 Å². The van der Waals surface area contributed by atoms with Gasteiger partial charge in [0.2, 0.25) is 0 Å². The van der Waals surface area contributed by atoms with Gasteiger partial charge in [0.25, 0.3) is 5.91 Å². The zero-order valence-electron chi connectivity index (χ0n) is 11.8. The number of hydrogen-bond donors (Lipinski definition) is 1. The van der Waals surface area contributed by atoms with Gasteiger partial charge in [-0.25, -0.2) is 0 Å². The van der Waals surface area contributed by atoms with E-state index in [1.165, 1.54) is 0 Å². The van der Waals surface area contributed by atoms with Crippen molar-refractivity contribution in [3.05, 3.63) is 28.2 Å². The number of ether oxygens (including phenoxy) is 1. The Morgan fingerprint density at radius 2 is 2.25 bits per heavy atom. The zero-order valence-corrected chi connectivity index (χ0v) is 13.4. The molecule has 1 aromatic rings. The van der Waals surface area contributed by atoms with E-state index >= 15 is 0 Å². The smallest absolute Gasteiger partial charge is 0.260 e. The van der Waals surface area contributed by atoms with E-state index in [9.17, 15) is 4.79 Å². The molecule has 0 atom stereocenters. The van der Waals surface area contributed by atoms with Crippen LogP contribution in [0.25, 0.3) is 0 Å². The highest BCUT2D eigenvalue weighted by Crippen LogP contribution is 2.27. The highest BCUT2D eigenvalue weighted by molar-refractivity contribution is 9.10. The van der Waals surface area contributed by atoms with Crippen LogP contribution in [-0.4, -0.2) is 36.5 Å². The molecule has 0 aromatic heterocycles. The quantitative estimate of drug-likeness (QED) is 0.828. The average molecular weight is 341 g/mol. The number of nitrogens with two attached hydrogens (primary N) is 1. The normalized spacial score (nSPS) is 14.2. The molecule has 2 N–H and O–H groups in total. The van der Waals surface area contributed by atoms with E-state index in [-0.39, 0.29) is 12.5 Å². The predicted octanol–water partition coefficient (Wildman–Crippen LogP) is 2.34. The standard InChI is InChI=1S/C15H21BrN2O2/c1-2-18(12-3-4-12)15(19)10-20-13-5-6-14(16)11(9-13)7-8-17/h5-6,9,12H,2-4,7-8,10,17H2,1H3. The van der Waals surface area contributed by atoms with Gasteiger partial charge in [-0.1, -0.05) is 15.9 Å². The van der Waals surface area contributed by atoms with Gasteiger partial charge in [-0.2, -0.15) is 0 Å². The summed E-state index contributed by atoms with van der Waals surface area (Å²) < 4.78 is 6.64. The Balaban J connectivity index is 1.92. The van der Waals surface area contributed by atoms with Crippen LogP contribution >= 0.6 is 15.9 Å². The molecule has 0 spiro atoms. The minimum atomic E-state index is 0.0679. The van der Waals surface area contributed by atoms with Gasteiger partial charge in [-0.15, -0.1) is 0 Å². The third kappa shape index (κ3) is 3.96. The first kappa shape index (κ1) is 15.3. The number of benzene rings is 1. The molecule has 1 aliphatic rings. The maximum Gasteiger partial charge on any atom is 0.260 e. The molecule has 1 fully saturated rings. The Labute approximate surface area is 128 Å². The third-order valence-electron chi connectivity index (χ3n) is 3.44. The predicted molar refractivity (Wildman–Crippen MR) is 82.8 cm³/mol. The van der Waals surface area contributed by atoms with Gasteiger partial charge in [0.15, 0.2) is 6.61 Å². The summed E-state index contributed by atoms with van der Waals surface area (Å²) in [6, 6.07) is 6.18. The lowest BCUT2D eigenvalue weighted by Crippen LogP contribution is -2.36. The number of carbonyl (C=O) groups is 1. The second kappa shape index (κ2) is 7.09. The number of likely N-dealkylation sites (N-methyl/N-ethyl adjacent to an activating group) is 1. The Kier molecular flexibility index (Phi) is 5.43. The lowest BCUT2D eigenvalue weighted by atomic mass is 10.1. The van der Waals surface area contributed by atoms with Crippen LogP contribution < -0.4 is 10.5 Å². The molecule has 4 nitrogen and oxygen atoms in total. The minimum absolute atomic E-state index is 0.0679. The van der Waals surface area contributed by atoms with Gasteiger partial charge in [-0.3, -0.25) is 4.79 Å². The van der Waals surface area contributed by atoms with Crippen molar-refractivity contribution in [3.8, 4) is 5.75 Å². The van der Waals surface area contributed by atoms with Gasteiger partial charge in [0.05, 0.1) is 0 Å². The van der Waals surface area contributed by atoms with Crippen molar-refractivity contribution in [3.63, 3.8) is 0 Å². The minimum Gasteiger partial charge on any atom is -0.484 e. The van der Waals surface area contributed by atoms with Gasteiger partial charge in [0, 0.05) is 17.1 Å². The van der Waals surface area contributed by atoms with Gasteiger partial charge < -0.3 is 15.4 Å². The summed E-state index contributed by atoms with van der Waals surface area (Å²) in [5.74, 6) is 0.787. The van der Waals surface area contributed by atoms with E-state index in [4.69, 9.17) is 10.5 Å². The van der Waals surface area contributed by atoms with Crippen molar-refractivity contribution >= 4 is 21.8 Å². The Bertz CT molecular complexity index is 475. The lowest BCUT2D eigenvalue weighted by Gasteiger charge is -2.20. The first-order valence-electron chi connectivity index (χ1n) is 7.06. The average Bonchev–Trinajstić information content (AvgIpc) is 3.25. The molecule has 110 valence electrons. The lowest BCUT2D eigenvalue weighted by molar-refractivity contribution is -0.133. The second-order valence-electron chi connectivity index (χ2n) is 4.99. The molecular formula is C15H21BrN2O2. The fourth-order valence-electron chi connectivity index (χ4n) is 2.24. The number of rotatable bonds is 7. The maximum atomic E-state index is 12.1. The van der Waals surface area contributed by atoms with Crippen LogP contribution in [0.2, 0.25) is 0 Å². The Hall–Kier alpha value is -1.07. The molecule has 1 amide bonds. The van der Waals surface area contributed by atoms with E-state index in [2.05, 4.69) is 15.9 Å². The molecule has 0 aliphatic heterocycles. The van der Waals surface area contributed by atoms with Crippen LogP contribution in [0.4, 0.5) is 0 Å². The third-order valence-corrected chi connectivity index (χ3v) is 4.22. The Morgan fingerprint density at radius 3 is 2.85 bits per heavy atom. The van der Waals surface area contributed by atoms with Crippen LogP contribution in [0.1, 0.15) is 25.3 Å². The highest BCUT2D eigenvalue weighted by atomic mass is 79.9. The summed E-state index contributed by atoms with van der Waals surface area (Å²) in [5, 5.41) is 0. The van der Waals surface area contributed by atoms with Crippen LogP contribution in [-0.2, 0) is 11.2 Å². The monoisotopic (exact) mass is 340 g/mol. The van der Waals surface area contributed by atoms with Crippen molar-refractivity contribution < 1.29 is 9.53 Å². The van der Waals surface area contributed by atoms with Crippen LogP contribution in [0.3, 0.4) is 0 Å². The SMILES string of the molecule is CCN(C(=O)COc1ccc(Br)c(CCN)c1)C1CC1. The van der Waals surface area contributed by atoms with Crippen molar-refractivity contribution in [2.45, 2.75) is 32.2 Å². The fourth-order valence-corrected chi connectivity index (χ4v) is 2.69. The molecule has 0 radical (unpaired) electrons. The zero-order chi connectivity index (χ0) is 14.5. The molecule has 5 heteroatoms. The van der Waals surface area contributed by atoms with Crippen molar-refractivity contribution in [1.29, 1.82) is 0 Å². The summed E-state index contributed by atoms with van der Waals surface area (Å²) in [6.07, 6.45) is 3.03. The summed E-state index contributed by atoms with van der Waals surface area (Å²) in [4.78, 5) is 14.0. The fraction of sp³-hybridized carbons (Fsp3) is 0.533. The molecule has 0 unspecified atom stereocenters. The maximum absolute atomic E-state index is 12.1. The molecule has 1 saturated carbocycles. The second-order valence-corrected chi connectivity index (χ2v) is 5.85. The molecule has 20 heavy (non-hydrogen) atoms. The molecule has 1 aliphatic carbocycles. The van der Waals surface area contributed by atoms with Crippen molar-refractivity contribution in [1.82, 2.24) is 4.90 Å². The first-order valence-corrected chi connectivity index (χ1v) is 7.85. The number of halogens is 1. The summed E-state index contributed by atoms with van der Waals surface area (Å²) in [6.45, 7) is 3.46. The summed E-state index contributed by atoms with van der Waals surface area (Å²) in [5.41, 5.74) is 6.68.